The zero-order valence-corrected chi connectivity index (χ0v) is 26.0. The highest BCUT2D eigenvalue weighted by molar-refractivity contribution is 9.10. The van der Waals surface area contributed by atoms with Gasteiger partial charge >= 0.3 is 0 Å². The summed E-state index contributed by atoms with van der Waals surface area (Å²) >= 11 is 3.73. The second-order valence-electron chi connectivity index (χ2n) is 11.6. The predicted octanol–water partition coefficient (Wildman–Crippen LogP) is 10.3. The van der Waals surface area contributed by atoms with E-state index in [1.165, 1.54) is 11.1 Å². The molecule has 0 radical (unpaired) electrons. The molecule has 4 N–H and O–H groups in total. The Hall–Kier alpha value is -4.48. The van der Waals surface area contributed by atoms with Gasteiger partial charge in [-0.25, -0.2) is 0 Å². The van der Waals surface area contributed by atoms with E-state index in [4.69, 9.17) is 0 Å². The third-order valence-corrected chi connectivity index (χ3v) is 10.2. The van der Waals surface area contributed by atoms with Gasteiger partial charge in [0.25, 0.3) is 0 Å². The van der Waals surface area contributed by atoms with Gasteiger partial charge in [-0.2, -0.15) is 0 Å². The van der Waals surface area contributed by atoms with E-state index in [-0.39, 0.29) is 23.0 Å². The van der Waals surface area contributed by atoms with E-state index in [9.17, 15) is 20.4 Å². The number of benzene rings is 6. The van der Waals surface area contributed by atoms with Crippen LogP contribution in [0.1, 0.15) is 39.8 Å². The minimum Gasteiger partial charge on any atom is -0.507 e. The van der Waals surface area contributed by atoms with Gasteiger partial charge in [-0.15, -0.1) is 0 Å². The molecule has 5 heteroatoms. The van der Waals surface area contributed by atoms with Gasteiger partial charge < -0.3 is 20.4 Å². The molecule has 6 aromatic carbocycles. The molecule has 0 heterocycles. The normalized spacial score (nSPS) is 12.9. The van der Waals surface area contributed by atoms with Crippen LogP contribution in [0.3, 0.4) is 0 Å². The average Bonchev–Trinajstić information content (AvgIpc) is 3.03. The Morgan fingerprint density at radius 1 is 0.605 bits per heavy atom. The van der Waals surface area contributed by atoms with Gasteiger partial charge in [-0.05, 0) is 112 Å². The molecule has 0 saturated heterocycles. The number of hydrogen-bond acceptors (Lipinski definition) is 4. The first-order chi connectivity index (χ1) is 20.6. The van der Waals surface area contributed by atoms with Gasteiger partial charge in [-0.3, -0.25) is 0 Å². The molecule has 7 rings (SSSR count). The maximum atomic E-state index is 11.7. The van der Waals surface area contributed by atoms with Crippen LogP contribution in [0.4, 0.5) is 0 Å². The maximum Gasteiger partial charge on any atom is 0.161 e. The van der Waals surface area contributed by atoms with Crippen molar-refractivity contribution in [3.63, 3.8) is 0 Å². The maximum absolute atomic E-state index is 11.7. The quantitative estimate of drug-likeness (QED) is 0.0871. The highest BCUT2D eigenvalue weighted by atomic mass is 79.9. The first kappa shape index (κ1) is 27.4. The smallest absolute Gasteiger partial charge is 0.161 e. The van der Waals surface area contributed by atoms with Crippen molar-refractivity contribution in [3.8, 4) is 45.3 Å². The molecule has 214 valence electrons. The van der Waals surface area contributed by atoms with Crippen molar-refractivity contribution < 1.29 is 20.4 Å². The summed E-state index contributed by atoms with van der Waals surface area (Å²) in [6, 6.07) is 19.1. The molecule has 0 spiro atoms. The van der Waals surface area contributed by atoms with Gasteiger partial charge in [0.05, 0.1) is 0 Å². The molecule has 1 aliphatic carbocycles. The van der Waals surface area contributed by atoms with Crippen molar-refractivity contribution in [2.24, 2.45) is 0 Å². The van der Waals surface area contributed by atoms with Crippen molar-refractivity contribution in [1.82, 2.24) is 0 Å². The Bertz CT molecular complexity index is 2140. The summed E-state index contributed by atoms with van der Waals surface area (Å²) in [6.45, 7) is 7.10. The molecule has 0 aliphatic heterocycles. The first-order valence-electron chi connectivity index (χ1n) is 14.4. The Labute approximate surface area is 258 Å². The molecule has 0 atom stereocenters. The second-order valence-corrected chi connectivity index (χ2v) is 12.4. The van der Waals surface area contributed by atoms with Gasteiger partial charge in [0, 0.05) is 37.3 Å². The first-order valence-corrected chi connectivity index (χ1v) is 15.2. The van der Waals surface area contributed by atoms with E-state index in [0.29, 0.717) is 53.8 Å². The third kappa shape index (κ3) is 3.81. The third-order valence-electron chi connectivity index (χ3n) is 9.39. The van der Waals surface area contributed by atoms with Crippen LogP contribution in [0.15, 0.2) is 65.1 Å². The molecule has 0 fully saturated rings. The number of aromatic hydroxyl groups is 4. The lowest BCUT2D eigenvalue weighted by Gasteiger charge is -2.23. The monoisotopic (exact) mass is 630 g/mol. The summed E-state index contributed by atoms with van der Waals surface area (Å²) < 4.78 is 0.553. The van der Waals surface area contributed by atoms with Crippen molar-refractivity contribution >= 4 is 54.3 Å². The van der Waals surface area contributed by atoms with Crippen LogP contribution in [0.5, 0.6) is 23.0 Å². The summed E-state index contributed by atoms with van der Waals surface area (Å²) in [5, 5.41) is 49.6. The van der Waals surface area contributed by atoms with E-state index in [0.717, 1.165) is 40.3 Å². The Morgan fingerprint density at radius 2 is 1.21 bits per heavy atom. The van der Waals surface area contributed by atoms with Gasteiger partial charge in [0.15, 0.2) is 11.5 Å². The van der Waals surface area contributed by atoms with Crippen molar-refractivity contribution in [3.05, 3.63) is 98.5 Å². The Morgan fingerprint density at radius 3 is 1.91 bits per heavy atom. The minimum atomic E-state index is -0.203. The minimum absolute atomic E-state index is 0.0639. The fourth-order valence-electron chi connectivity index (χ4n) is 6.88. The van der Waals surface area contributed by atoms with E-state index >= 15 is 0 Å². The SMILES string of the molecule is Cc1c(C)c(O)c2c(-c3cccc4c(-c5ccc6c(c5)CCC=C6)cccc34)c3c(C)c(O)c(O)c(C)c3c(Br)c2c1O. The van der Waals surface area contributed by atoms with Crippen LogP contribution in [-0.4, -0.2) is 20.4 Å². The van der Waals surface area contributed by atoms with E-state index in [2.05, 4.69) is 70.5 Å². The zero-order chi connectivity index (χ0) is 30.3. The lowest BCUT2D eigenvalue weighted by Crippen LogP contribution is -1.97. The largest absolute Gasteiger partial charge is 0.507 e. The molecule has 6 aromatic rings. The molecular formula is C38H31BrO4. The van der Waals surface area contributed by atoms with Crippen LogP contribution < -0.4 is 0 Å². The Kier molecular flexibility index (Phi) is 6.22. The van der Waals surface area contributed by atoms with Gasteiger partial charge in [0.2, 0.25) is 0 Å². The van der Waals surface area contributed by atoms with Gasteiger partial charge in [-0.1, -0.05) is 66.7 Å². The molecule has 0 saturated carbocycles. The molecule has 0 amide bonds. The summed E-state index contributed by atoms with van der Waals surface area (Å²) in [4.78, 5) is 0. The van der Waals surface area contributed by atoms with Crippen LogP contribution >= 0.6 is 15.9 Å². The molecular weight excluding hydrogens is 600 g/mol. The number of fused-ring (bicyclic) bond motifs is 4. The van der Waals surface area contributed by atoms with Crippen molar-refractivity contribution in [2.75, 3.05) is 0 Å². The number of rotatable bonds is 2. The molecule has 1 aliphatic rings. The number of hydrogen-bond donors (Lipinski definition) is 4. The van der Waals surface area contributed by atoms with Crippen LogP contribution in [0, 0.1) is 27.7 Å². The van der Waals surface area contributed by atoms with Crippen molar-refractivity contribution in [1.29, 1.82) is 0 Å². The fourth-order valence-corrected chi connectivity index (χ4v) is 7.76. The molecule has 0 unspecified atom stereocenters. The standard InChI is InChI=1S/C38H31BrO4/c1-18-19(2)36(41)33-32(35(18)40)31(29-20(3)37(42)38(43)21(4)30(29)34(33)39)28-14-8-12-26-25(11-7-13-27(26)28)24-16-15-22-9-5-6-10-23(22)17-24/h5,7-9,11-17,40-43H,6,10H2,1-4H3. The molecule has 0 aromatic heterocycles. The van der Waals surface area contributed by atoms with E-state index in [1.54, 1.807) is 27.7 Å². The topological polar surface area (TPSA) is 80.9 Å². The van der Waals surface area contributed by atoms with E-state index in [1.807, 2.05) is 12.1 Å². The van der Waals surface area contributed by atoms with Crippen LogP contribution in [0.2, 0.25) is 0 Å². The summed E-state index contributed by atoms with van der Waals surface area (Å²) in [5.74, 6) is -0.266. The average molecular weight is 632 g/mol. The second kappa shape index (κ2) is 9.78. The summed E-state index contributed by atoms with van der Waals surface area (Å²) in [6.07, 6.45) is 6.47. The fraction of sp³-hybridized carbons (Fsp3) is 0.158. The number of allylic oxidation sites excluding steroid dienone is 1. The molecule has 43 heavy (non-hydrogen) atoms. The Balaban J connectivity index is 1.67. The number of phenolic OH excluding ortho intramolecular Hbond substituents is 4. The summed E-state index contributed by atoms with van der Waals surface area (Å²) in [5.41, 5.74) is 8.53. The van der Waals surface area contributed by atoms with Gasteiger partial charge in [0.1, 0.15) is 11.5 Å². The number of aryl methyl sites for hydroxylation is 3. The van der Waals surface area contributed by atoms with Crippen LogP contribution in [0.25, 0.3) is 60.6 Å². The number of halogens is 1. The van der Waals surface area contributed by atoms with Crippen molar-refractivity contribution in [2.45, 2.75) is 40.5 Å². The zero-order valence-electron chi connectivity index (χ0n) is 24.4. The van der Waals surface area contributed by atoms with E-state index < -0.39 is 0 Å². The van der Waals surface area contributed by atoms with Crippen LogP contribution in [-0.2, 0) is 6.42 Å². The molecule has 0 bridgehead atoms. The highest BCUT2D eigenvalue weighted by Crippen LogP contribution is 2.55. The lowest BCUT2D eigenvalue weighted by atomic mass is 9.83. The number of phenols is 4. The lowest BCUT2D eigenvalue weighted by molar-refractivity contribution is 0.400. The predicted molar refractivity (Wildman–Crippen MR) is 180 cm³/mol. The molecule has 4 nitrogen and oxygen atoms in total. The highest BCUT2D eigenvalue weighted by Gasteiger charge is 2.28. The summed E-state index contributed by atoms with van der Waals surface area (Å²) in [7, 11) is 0.